The van der Waals surface area contributed by atoms with E-state index in [1.807, 2.05) is 0 Å². The van der Waals surface area contributed by atoms with Gasteiger partial charge in [-0.05, 0) is 18.6 Å². The molecule has 3 nitrogen and oxygen atoms in total. The maximum Gasteiger partial charge on any atom is 0.170 e. The molecule has 1 aromatic rings. The van der Waals surface area contributed by atoms with Gasteiger partial charge in [0.2, 0.25) is 0 Å². The van der Waals surface area contributed by atoms with Gasteiger partial charge in [-0.15, -0.1) is 0 Å². The van der Waals surface area contributed by atoms with E-state index in [9.17, 15) is 4.39 Å². The van der Waals surface area contributed by atoms with Crippen LogP contribution in [0.15, 0.2) is 23.4 Å². The zero-order valence-corrected chi connectivity index (χ0v) is 7.54. The standard InChI is InChI=1S/C9H11FN2O/c1-6-3-4-7(5-8(6)10)9(11)12-13-2/h3-5H,1-2H3,(H2,11,12). The van der Waals surface area contributed by atoms with Crippen LogP contribution < -0.4 is 5.73 Å². The summed E-state index contributed by atoms with van der Waals surface area (Å²) in [5, 5.41) is 3.49. The van der Waals surface area contributed by atoms with Gasteiger partial charge in [0.25, 0.3) is 0 Å². The zero-order valence-electron chi connectivity index (χ0n) is 7.54. The van der Waals surface area contributed by atoms with Crippen molar-refractivity contribution in [2.24, 2.45) is 10.9 Å². The highest BCUT2D eigenvalue weighted by Crippen LogP contribution is 2.08. The fraction of sp³-hybridized carbons (Fsp3) is 0.222. The Hall–Kier alpha value is -1.58. The van der Waals surface area contributed by atoms with Crippen molar-refractivity contribution >= 4 is 5.84 Å². The molecule has 1 rings (SSSR count). The van der Waals surface area contributed by atoms with E-state index >= 15 is 0 Å². The van der Waals surface area contributed by atoms with Crippen molar-refractivity contribution < 1.29 is 9.23 Å². The molecule has 0 atom stereocenters. The van der Waals surface area contributed by atoms with Crippen molar-refractivity contribution in [1.29, 1.82) is 0 Å². The molecule has 1 aromatic carbocycles. The second kappa shape index (κ2) is 3.89. The molecule has 70 valence electrons. The number of aryl methyl sites for hydroxylation is 1. The van der Waals surface area contributed by atoms with Gasteiger partial charge < -0.3 is 10.6 Å². The van der Waals surface area contributed by atoms with Crippen LogP contribution in [0.5, 0.6) is 0 Å². The Bertz CT molecular complexity index is 336. The zero-order chi connectivity index (χ0) is 9.84. The van der Waals surface area contributed by atoms with Gasteiger partial charge in [-0.25, -0.2) is 4.39 Å². The van der Waals surface area contributed by atoms with Crippen molar-refractivity contribution in [1.82, 2.24) is 0 Å². The van der Waals surface area contributed by atoms with Crippen LogP contribution >= 0.6 is 0 Å². The number of hydrogen-bond donors (Lipinski definition) is 1. The quantitative estimate of drug-likeness (QED) is 0.427. The molecule has 0 heterocycles. The van der Waals surface area contributed by atoms with E-state index in [-0.39, 0.29) is 11.7 Å². The summed E-state index contributed by atoms with van der Waals surface area (Å²) in [6.45, 7) is 1.68. The molecule has 0 saturated carbocycles. The lowest BCUT2D eigenvalue weighted by molar-refractivity contribution is 0.213. The highest BCUT2D eigenvalue weighted by atomic mass is 19.1. The minimum absolute atomic E-state index is 0.168. The lowest BCUT2D eigenvalue weighted by Gasteiger charge is -2.01. The number of benzene rings is 1. The van der Waals surface area contributed by atoms with Crippen LogP contribution in [0.2, 0.25) is 0 Å². The summed E-state index contributed by atoms with van der Waals surface area (Å²) in [6.07, 6.45) is 0. The monoisotopic (exact) mass is 182 g/mol. The minimum atomic E-state index is -0.299. The molecule has 4 heteroatoms. The van der Waals surface area contributed by atoms with Gasteiger partial charge in [0.1, 0.15) is 12.9 Å². The molecule has 0 aliphatic rings. The van der Waals surface area contributed by atoms with E-state index in [1.165, 1.54) is 13.2 Å². The lowest BCUT2D eigenvalue weighted by atomic mass is 10.1. The predicted octanol–water partition coefficient (Wildman–Crippen LogP) is 1.40. The Labute approximate surface area is 76.0 Å². The van der Waals surface area contributed by atoms with Gasteiger partial charge in [0.15, 0.2) is 5.84 Å². The molecule has 0 aliphatic heterocycles. The minimum Gasteiger partial charge on any atom is -0.397 e. The van der Waals surface area contributed by atoms with Crippen LogP contribution in [0.4, 0.5) is 4.39 Å². The Balaban J connectivity index is 3.04. The number of rotatable bonds is 2. The summed E-state index contributed by atoms with van der Waals surface area (Å²) in [4.78, 5) is 4.47. The molecular weight excluding hydrogens is 171 g/mol. The maximum atomic E-state index is 13.0. The maximum absolute atomic E-state index is 13.0. The van der Waals surface area contributed by atoms with E-state index in [0.717, 1.165) is 0 Å². The molecule has 0 saturated heterocycles. The molecule has 13 heavy (non-hydrogen) atoms. The van der Waals surface area contributed by atoms with Crippen LogP contribution in [-0.4, -0.2) is 12.9 Å². The van der Waals surface area contributed by atoms with E-state index < -0.39 is 0 Å². The SMILES string of the molecule is CO/N=C(/N)c1ccc(C)c(F)c1. The van der Waals surface area contributed by atoms with Crippen molar-refractivity contribution in [2.75, 3.05) is 7.11 Å². The molecule has 2 N–H and O–H groups in total. The van der Waals surface area contributed by atoms with Crippen LogP contribution in [-0.2, 0) is 4.84 Å². The molecule has 0 radical (unpaired) electrons. The molecular formula is C9H11FN2O. The Morgan fingerprint density at radius 3 is 2.77 bits per heavy atom. The normalized spacial score (nSPS) is 11.5. The van der Waals surface area contributed by atoms with Crippen LogP contribution in [0.25, 0.3) is 0 Å². The summed E-state index contributed by atoms with van der Waals surface area (Å²) in [5.74, 6) is -0.131. The second-order valence-corrected chi connectivity index (χ2v) is 2.62. The Kier molecular flexibility index (Phi) is 2.84. The smallest absolute Gasteiger partial charge is 0.170 e. The van der Waals surface area contributed by atoms with Gasteiger partial charge in [0, 0.05) is 5.56 Å². The van der Waals surface area contributed by atoms with Gasteiger partial charge >= 0.3 is 0 Å². The number of nitrogens with two attached hydrogens (primary N) is 1. The van der Waals surface area contributed by atoms with E-state index in [0.29, 0.717) is 11.1 Å². The molecule has 0 aromatic heterocycles. The first-order valence-corrected chi connectivity index (χ1v) is 3.78. The van der Waals surface area contributed by atoms with Gasteiger partial charge in [-0.1, -0.05) is 17.3 Å². The van der Waals surface area contributed by atoms with Gasteiger partial charge in [-0.3, -0.25) is 0 Å². The van der Waals surface area contributed by atoms with Crippen LogP contribution in [0.3, 0.4) is 0 Å². The number of halogens is 1. The molecule has 0 unspecified atom stereocenters. The molecule has 0 fully saturated rings. The van der Waals surface area contributed by atoms with Crippen molar-refractivity contribution in [2.45, 2.75) is 6.92 Å². The average molecular weight is 182 g/mol. The number of oxime groups is 1. The fourth-order valence-corrected chi connectivity index (χ4v) is 0.903. The average Bonchev–Trinajstić information content (AvgIpc) is 2.10. The third-order valence-electron chi connectivity index (χ3n) is 1.66. The topological polar surface area (TPSA) is 47.6 Å². The summed E-state index contributed by atoms with van der Waals surface area (Å²) in [6, 6.07) is 4.66. The lowest BCUT2D eigenvalue weighted by Crippen LogP contribution is -2.13. The number of hydrogen-bond acceptors (Lipinski definition) is 2. The van der Waals surface area contributed by atoms with Gasteiger partial charge in [-0.2, -0.15) is 0 Å². The third kappa shape index (κ3) is 2.18. The highest BCUT2D eigenvalue weighted by molar-refractivity contribution is 5.97. The van der Waals surface area contributed by atoms with Crippen molar-refractivity contribution in [3.05, 3.63) is 35.1 Å². The summed E-state index contributed by atoms with van der Waals surface area (Å²) in [7, 11) is 1.39. The van der Waals surface area contributed by atoms with E-state index in [2.05, 4.69) is 9.99 Å². The van der Waals surface area contributed by atoms with Crippen LogP contribution in [0, 0.1) is 12.7 Å². The summed E-state index contributed by atoms with van der Waals surface area (Å²) >= 11 is 0. The van der Waals surface area contributed by atoms with E-state index in [4.69, 9.17) is 5.73 Å². The number of nitrogens with zero attached hydrogens (tertiary/aromatic N) is 1. The first kappa shape index (κ1) is 9.51. The molecule has 0 bridgehead atoms. The second-order valence-electron chi connectivity index (χ2n) is 2.62. The predicted molar refractivity (Wildman–Crippen MR) is 48.9 cm³/mol. The van der Waals surface area contributed by atoms with Gasteiger partial charge in [0.05, 0.1) is 0 Å². The molecule has 0 amide bonds. The molecule has 0 spiro atoms. The summed E-state index contributed by atoms with van der Waals surface area (Å²) in [5.41, 5.74) is 6.58. The largest absolute Gasteiger partial charge is 0.397 e. The highest BCUT2D eigenvalue weighted by Gasteiger charge is 2.02. The number of amidine groups is 1. The van der Waals surface area contributed by atoms with Crippen molar-refractivity contribution in [3.63, 3.8) is 0 Å². The van der Waals surface area contributed by atoms with Crippen molar-refractivity contribution in [3.8, 4) is 0 Å². The Morgan fingerprint density at radius 2 is 2.23 bits per heavy atom. The summed E-state index contributed by atoms with van der Waals surface area (Å²) < 4.78 is 13.0. The first-order chi connectivity index (χ1) is 6.15. The first-order valence-electron chi connectivity index (χ1n) is 3.78. The third-order valence-corrected chi connectivity index (χ3v) is 1.66. The molecule has 0 aliphatic carbocycles. The van der Waals surface area contributed by atoms with E-state index in [1.54, 1.807) is 19.1 Å². The van der Waals surface area contributed by atoms with Crippen LogP contribution in [0.1, 0.15) is 11.1 Å². The Morgan fingerprint density at radius 1 is 1.54 bits per heavy atom. The fourth-order valence-electron chi connectivity index (χ4n) is 0.903.